The molecule has 7 nitrogen and oxygen atoms in total. The Morgan fingerprint density at radius 1 is 1.13 bits per heavy atom. The lowest BCUT2D eigenvalue weighted by Crippen LogP contribution is -2.50. The lowest BCUT2D eigenvalue weighted by molar-refractivity contribution is -0.130. The van der Waals surface area contributed by atoms with E-state index in [9.17, 15) is 9.59 Å². The van der Waals surface area contributed by atoms with Crippen molar-refractivity contribution in [2.45, 2.75) is 78.5 Å². The van der Waals surface area contributed by atoms with E-state index in [1.54, 1.807) is 6.92 Å². The van der Waals surface area contributed by atoms with Crippen LogP contribution in [0.5, 0.6) is 0 Å². The van der Waals surface area contributed by atoms with E-state index in [-0.39, 0.29) is 24.0 Å². The Kier molecular flexibility index (Phi) is 6.19. The third-order valence-electron chi connectivity index (χ3n) is 7.38. The van der Waals surface area contributed by atoms with Gasteiger partial charge in [-0.15, -0.1) is 0 Å². The molecular weight excluding hydrogens is 380 g/mol. The number of hydrogen-bond acceptors (Lipinski definition) is 4. The van der Waals surface area contributed by atoms with Gasteiger partial charge in [0.2, 0.25) is 11.8 Å². The monoisotopic (exact) mass is 416 g/mol. The van der Waals surface area contributed by atoms with E-state index < -0.39 is 0 Å². The van der Waals surface area contributed by atoms with Crippen LogP contribution in [0.4, 0.5) is 0 Å². The molecule has 0 aromatic carbocycles. The average molecular weight is 417 g/mol. The summed E-state index contributed by atoms with van der Waals surface area (Å²) in [5, 5.41) is 7.67. The predicted molar refractivity (Wildman–Crippen MR) is 114 cm³/mol. The quantitative estimate of drug-likeness (QED) is 0.740. The Morgan fingerprint density at radius 3 is 2.43 bits per heavy atom. The Labute approximate surface area is 179 Å². The molecule has 4 atom stereocenters. The standard InChI is InChI=1S/C23H36N4O3/c1-14-15(2)25-27(16(14)3)8-7-23(29)26-11-19-9-21(24-17(4)28)22(10-20(19)12-26)30-13-18-5-6-18/h18-22H,5-13H2,1-4H3,(H,24,28)/t19-,20+,21-,22-/m1/s1. The summed E-state index contributed by atoms with van der Waals surface area (Å²) in [7, 11) is 0. The van der Waals surface area contributed by atoms with E-state index in [4.69, 9.17) is 4.74 Å². The minimum absolute atomic E-state index is 0.00424. The molecule has 2 heterocycles. The van der Waals surface area contributed by atoms with Crippen molar-refractivity contribution in [2.75, 3.05) is 19.7 Å². The maximum atomic E-state index is 12.9. The van der Waals surface area contributed by atoms with E-state index in [2.05, 4.69) is 24.3 Å². The second-order valence-electron chi connectivity index (χ2n) is 9.68. The number of carbonyl (C=O) groups excluding carboxylic acids is 2. The highest BCUT2D eigenvalue weighted by atomic mass is 16.5. The van der Waals surface area contributed by atoms with Crippen LogP contribution < -0.4 is 5.32 Å². The molecule has 0 spiro atoms. The molecule has 1 aromatic rings. The number of fused-ring (bicyclic) bond motifs is 1. The number of likely N-dealkylation sites (tertiary alicyclic amines) is 1. The third kappa shape index (κ3) is 4.71. The number of aromatic nitrogens is 2. The smallest absolute Gasteiger partial charge is 0.224 e. The maximum Gasteiger partial charge on any atom is 0.224 e. The minimum Gasteiger partial charge on any atom is -0.376 e. The fourth-order valence-corrected chi connectivity index (χ4v) is 5.12. The van der Waals surface area contributed by atoms with Gasteiger partial charge in [-0.2, -0.15) is 5.10 Å². The molecule has 1 aromatic heterocycles. The van der Waals surface area contributed by atoms with Crippen LogP contribution in [0, 0.1) is 38.5 Å². The highest BCUT2D eigenvalue weighted by Gasteiger charge is 2.44. The minimum atomic E-state index is 0.00424. The van der Waals surface area contributed by atoms with Gasteiger partial charge in [0.05, 0.1) is 17.8 Å². The molecule has 1 aliphatic heterocycles. The van der Waals surface area contributed by atoms with Crippen LogP contribution in [0.1, 0.15) is 56.0 Å². The van der Waals surface area contributed by atoms with Crippen molar-refractivity contribution in [3.05, 3.63) is 17.0 Å². The Balaban J connectivity index is 1.33. The van der Waals surface area contributed by atoms with Gasteiger partial charge < -0.3 is 15.0 Å². The summed E-state index contributed by atoms with van der Waals surface area (Å²) in [6, 6.07) is 0.0650. The Morgan fingerprint density at radius 2 is 1.83 bits per heavy atom. The number of nitrogens with one attached hydrogen (secondary N) is 1. The van der Waals surface area contributed by atoms with Crippen LogP contribution in [0.15, 0.2) is 0 Å². The van der Waals surface area contributed by atoms with Crippen LogP contribution in [-0.4, -0.2) is 58.3 Å². The summed E-state index contributed by atoms with van der Waals surface area (Å²) in [6.07, 6.45) is 4.92. The molecule has 2 amide bonds. The van der Waals surface area contributed by atoms with Gasteiger partial charge in [0.15, 0.2) is 0 Å². The van der Waals surface area contributed by atoms with Gasteiger partial charge in [0, 0.05) is 45.3 Å². The van der Waals surface area contributed by atoms with Gasteiger partial charge in [0.1, 0.15) is 0 Å². The zero-order chi connectivity index (χ0) is 21.4. The van der Waals surface area contributed by atoms with Gasteiger partial charge in [-0.1, -0.05) is 0 Å². The highest BCUT2D eigenvalue weighted by molar-refractivity contribution is 5.76. The second kappa shape index (κ2) is 8.69. The van der Waals surface area contributed by atoms with Crippen LogP contribution in [0.25, 0.3) is 0 Å². The maximum absolute atomic E-state index is 12.9. The molecular formula is C23H36N4O3. The van der Waals surface area contributed by atoms with E-state index >= 15 is 0 Å². The van der Waals surface area contributed by atoms with E-state index in [1.807, 2.05) is 16.5 Å². The van der Waals surface area contributed by atoms with E-state index in [1.165, 1.54) is 18.4 Å². The van der Waals surface area contributed by atoms with Crippen molar-refractivity contribution in [3.8, 4) is 0 Å². The number of rotatable bonds is 7. The van der Waals surface area contributed by atoms with Crippen LogP contribution in [0.3, 0.4) is 0 Å². The van der Waals surface area contributed by atoms with Gasteiger partial charge in [-0.3, -0.25) is 14.3 Å². The summed E-state index contributed by atoms with van der Waals surface area (Å²) < 4.78 is 8.19. The van der Waals surface area contributed by atoms with E-state index in [0.29, 0.717) is 30.7 Å². The fraction of sp³-hybridized carbons (Fsp3) is 0.783. The number of nitrogens with zero attached hydrogens (tertiary/aromatic N) is 3. The topological polar surface area (TPSA) is 76.5 Å². The average Bonchev–Trinajstić information content (AvgIpc) is 3.39. The lowest BCUT2D eigenvalue weighted by Gasteiger charge is -2.38. The first kappa shape index (κ1) is 21.3. The van der Waals surface area contributed by atoms with Crippen molar-refractivity contribution in [1.29, 1.82) is 0 Å². The summed E-state index contributed by atoms with van der Waals surface area (Å²) in [4.78, 5) is 26.6. The van der Waals surface area contributed by atoms with Crippen molar-refractivity contribution < 1.29 is 14.3 Å². The first-order valence-electron chi connectivity index (χ1n) is 11.5. The third-order valence-corrected chi connectivity index (χ3v) is 7.38. The summed E-state index contributed by atoms with van der Waals surface area (Å²) in [5.41, 5.74) is 3.38. The van der Waals surface area contributed by atoms with Gasteiger partial charge in [-0.05, 0) is 69.8 Å². The van der Waals surface area contributed by atoms with Gasteiger partial charge in [-0.25, -0.2) is 0 Å². The molecule has 0 bridgehead atoms. The SMILES string of the molecule is CC(=O)N[C@@H]1C[C@@H]2CN(C(=O)CCn3nc(C)c(C)c3C)C[C@@H]2C[C@H]1OCC1CC1. The summed E-state index contributed by atoms with van der Waals surface area (Å²) >= 11 is 0. The van der Waals surface area contributed by atoms with Crippen LogP contribution in [0.2, 0.25) is 0 Å². The van der Waals surface area contributed by atoms with Crippen molar-refractivity contribution in [2.24, 2.45) is 17.8 Å². The number of amides is 2. The molecule has 166 valence electrons. The normalized spacial score (nSPS) is 28.5. The molecule has 1 N–H and O–H groups in total. The second-order valence-corrected chi connectivity index (χ2v) is 9.68. The molecule has 0 unspecified atom stereocenters. The van der Waals surface area contributed by atoms with Crippen LogP contribution >= 0.6 is 0 Å². The largest absolute Gasteiger partial charge is 0.376 e. The Bertz CT molecular complexity index is 801. The molecule has 30 heavy (non-hydrogen) atoms. The fourth-order valence-electron chi connectivity index (χ4n) is 5.12. The number of ether oxygens (including phenoxy) is 1. The molecule has 1 saturated heterocycles. The predicted octanol–water partition coefficient (Wildman–Crippen LogP) is 2.37. The molecule has 2 aliphatic carbocycles. The molecule has 4 rings (SSSR count). The number of hydrogen-bond donors (Lipinski definition) is 1. The summed E-state index contributed by atoms with van der Waals surface area (Å²) in [6.45, 7) is 10.8. The number of carbonyl (C=O) groups is 2. The first-order chi connectivity index (χ1) is 14.3. The van der Waals surface area contributed by atoms with Gasteiger partial charge in [0.25, 0.3) is 0 Å². The van der Waals surface area contributed by atoms with Gasteiger partial charge >= 0.3 is 0 Å². The zero-order valence-corrected chi connectivity index (χ0v) is 18.8. The molecule has 0 radical (unpaired) electrons. The number of aryl methyl sites for hydroxylation is 2. The van der Waals surface area contributed by atoms with E-state index in [0.717, 1.165) is 43.9 Å². The van der Waals surface area contributed by atoms with Crippen LogP contribution in [-0.2, 0) is 20.9 Å². The highest BCUT2D eigenvalue weighted by Crippen LogP contribution is 2.39. The van der Waals surface area contributed by atoms with Crippen molar-refractivity contribution in [3.63, 3.8) is 0 Å². The van der Waals surface area contributed by atoms with Crippen molar-refractivity contribution in [1.82, 2.24) is 20.0 Å². The first-order valence-corrected chi connectivity index (χ1v) is 11.5. The molecule has 3 fully saturated rings. The zero-order valence-electron chi connectivity index (χ0n) is 18.8. The molecule has 3 aliphatic rings. The van der Waals surface area contributed by atoms with Crippen molar-refractivity contribution >= 4 is 11.8 Å². The summed E-state index contributed by atoms with van der Waals surface area (Å²) in [5.74, 6) is 1.84. The molecule has 7 heteroatoms. The molecule has 2 saturated carbocycles. The lowest BCUT2D eigenvalue weighted by atomic mass is 9.77. The Hall–Kier alpha value is -1.89.